The number of carbonyl (C=O) groups is 1. The summed E-state index contributed by atoms with van der Waals surface area (Å²) in [5, 5.41) is 7.37. The van der Waals surface area contributed by atoms with E-state index in [1.165, 1.54) is 0 Å². The number of pyridine rings is 1. The Bertz CT molecular complexity index is 1300. The van der Waals surface area contributed by atoms with Crippen LogP contribution in [0.4, 0.5) is 10.5 Å². The number of benzene rings is 1. The van der Waals surface area contributed by atoms with Crippen molar-refractivity contribution in [1.82, 2.24) is 20.4 Å². The van der Waals surface area contributed by atoms with Crippen molar-refractivity contribution in [3.8, 4) is 22.8 Å². The molecular weight excluding hydrogens is 510 g/mol. The summed E-state index contributed by atoms with van der Waals surface area (Å²) in [5.41, 5.74) is 4.23. The largest absolute Gasteiger partial charge is 0.450 e. The third-order valence-electron chi connectivity index (χ3n) is 7.35. The highest BCUT2D eigenvalue weighted by Crippen LogP contribution is 2.37. The van der Waals surface area contributed by atoms with Crippen LogP contribution in [-0.4, -0.2) is 65.5 Å². The fourth-order valence-corrected chi connectivity index (χ4v) is 5.12. The summed E-state index contributed by atoms with van der Waals surface area (Å²) in [7, 11) is 0. The Kier molecular flexibility index (Phi) is 8.37. The minimum Gasteiger partial charge on any atom is -0.450 e. The van der Waals surface area contributed by atoms with Crippen LogP contribution >= 0.6 is 0 Å². The van der Waals surface area contributed by atoms with Gasteiger partial charge < -0.3 is 29.0 Å². The van der Waals surface area contributed by atoms with Gasteiger partial charge in [-0.15, -0.1) is 0 Å². The van der Waals surface area contributed by atoms with Crippen LogP contribution in [-0.2, 0) is 27.1 Å². The van der Waals surface area contributed by atoms with E-state index in [0.717, 1.165) is 66.7 Å². The number of anilines is 1. The first-order chi connectivity index (χ1) is 19.3. The standard InChI is InChI=1S/C30H39N5O5/c1-5-7-16-37-28(36)33-30(19-38-29(3,4)39-20-30)18-35-15-14-23-24(10-8-11-25(23)35)26-32-27(40-34-26)21-12-13-22(9-6-2)31-17-21/h8,10-13,17H,5-7,9,14-16,18-20H2,1-4H3,(H,33,36). The summed E-state index contributed by atoms with van der Waals surface area (Å²) >= 11 is 0. The number of aryl methyl sites for hydroxylation is 1. The number of hydrogen-bond acceptors (Lipinski definition) is 9. The normalized spacial score (nSPS) is 17.4. The number of hydrogen-bond donors (Lipinski definition) is 1. The van der Waals surface area contributed by atoms with Crippen LogP contribution in [0.1, 0.15) is 58.2 Å². The lowest BCUT2D eigenvalue weighted by Gasteiger charge is -2.45. The molecule has 3 aromatic rings. The maximum atomic E-state index is 12.7. The third-order valence-corrected chi connectivity index (χ3v) is 7.35. The Hall–Kier alpha value is -3.50. The SMILES string of the molecule is CCCCOC(=O)NC1(CN2CCc3c(-c4noc(-c5ccc(CCC)nc5)n4)cccc32)COC(C)(C)OC1. The molecule has 10 nitrogen and oxygen atoms in total. The molecule has 4 heterocycles. The van der Waals surface area contributed by atoms with E-state index in [0.29, 0.717) is 38.1 Å². The number of ether oxygens (including phenoxy) is 3. The summed E-state index contributed by atoms with van der Waals surface area (Å²) in [5.74, 6) is 0.279. The van der Waals surface area contributed by atoms with E-state index in [4.69, 9.17) is 23.7 Å². The van der Waals surface area contributed by atoms with Gasteiger partial charge in [-0.1, -0.05) is 44.0 Å². The van der Waals surface area contributed by atoms with Crippen LogP contribution in [0.3, 0.4) is 0 Å². The lowest BCUT2D eigenvalue weighted by atomic mass is 9.99. The number of amides is 1. The first kappa shape index (κ1) is 28.0. The molecule has 214 valence electrons. The molecule has 0 unspecified atom stereocenters. The van der Waals surface area contributed by atoms with Crippen LogP contribution in [0.2, 0.25) is 0 Å². The molecule has 1 amide bonds. The average Bonchev–Trinajstić information content (AvgIpc) is 3.59. The van der Waals surface area contributed by atoms with E-state index in [2.05, 4.69) is 40.3 Å². The Morgan fingerprint density at radius 3 is 2.67 bits per heavy atom. The van der Waals surface area contributed by atoms with Gasteiger partial charge in [0.25, 0.3) is 5.89 Å². The predicted molar refractivity (Wildman–Crippen MR) is 151 cm³/mol. The second-order valence-corrected chi connectivity index (χ2v) is 11.1. The number of alkyl carbamates (subject to hydrolysis) is 1. The van der Waals surface area contributed by atoms with E-state index in [1.54, 1.807) is 6.20 Å². The van der Waals surface area contributed by atoms with E-state index >= 15 is 0 Å². The average molecular weight is 550 g/mol. The molecule has 0 atom stereocenters. The minimum absolute atomic E-state index is 0.313. The zero-order valence-corrected chi connectivity index (χ0v) is 23.9. The van der Waals surface area contributed by atoms with Crippen LogP contribution < -0.4 is 10.2 Å². The van der Waals surface area contributed by atoms with Gasteiger partial charge in [0.2, 0.25) is 5.82 Å². The van der Waals surface area contributed by atoms with Crippen molar-refractivity contribution >= 4 is 11.8 Å². The molecule has 0 spiro atoms. The van der Waals surface area contributed by atoms with Crippen molar-refractivity contribution in [3.63, 3.8) is 0 Å². The molecule has 2 aliphatic heterocycles. The number of fused-ring (bicyclic) bond motifs is 1. The molecule has 1 aromatic carbocycles. The van der Waals surface area contributed by atoms with E-state index < -0.39 is 17.4 Å². The molecule has 0 aliphatic carbocycles. The summed E-state index contributed by atoms with van der Waals surface area (Å²) in [6.07, 6.45) is 5.91. The van der Waals surface area contributed by atoms with Gasteiger partial charge in [0.1, 0.15) is 5.54 Å². The molecule has 1 saturated heterocycles. The highest BCUT2D eigenvalue weighted by Gasteiger charge is 2.44. The van der Waals surface area contributed by atoms with E-state index in [-0.39, 0.29) is 0 Å². The number of carbonyl (C=O) groups excluding carboxylic acids is 1. The molecular formula is C30H39N5O5. The molecule has 0 bridgehead atoms. The van der Waals surface area contributed by atoms with Gasteiger partial charge in [-0.2, -0.15) is 4.98 Å². The Morgan fingerprint density at radius 2 is 1.95 bits per heavy atom. The van der Waals surface area contributed by atoms with E-state index in [1.807, 2.05) is 38.1 Å². The van der Waals surface area contributed by atoms with Crippen molar-refractivity contribution in [2.45, 2.75) is 71.1 Å². The van der Waals surface area contributed by atoms with E-state index in [9.17, 15) is 4.79 Å². The number of nitrogens with one attached hydrogen (secondary N) is 1. The highest BCUT2D eigenvalue weighted by molar-refractivity contribution is 5.74. The second kappa shape index (κ2) is 11.9. The maximum Gasteiger partial charge on any atom is 0.407 e. The van der Waals surface area contributed by atoms with Crippen molar-refractivity contribution in [2.24, 2.45) is 0 Å². The Morgan fingerprint density at radius 1 is 1.12 bits per heavy atom. The molecule has 2 aliphatic rings. The minimum atomic E-state index is -0.757. The van der Waals surface area contributed by atoms with Crippen molar-refractivity contribution < 1.29 is 23.5 Å². The summed E-state index contributed by atoms with van der Waals surface area (Å²) in [4.78, 5) is 24.2. The monoisotopic (exact) mass is 549 g/mol. The van der Waals surface area contributed by atoms with Crippen LogP contribution in [0.25, 0.3) is 22.8 Å². The maximum absolute atomic E-state index is 12.7. The van der Waals surface area contributed by atoms with Crippen molar-refractivity contribution in [2.75, 3.05) is 37.8 Å². The zero-order chi connectivity index (χ0) is 28.2. The first-order valence-corrected chi connectivity index (χ1v) is 14.2. The Labute approximate surface area is 235 Å². The molecule has 10 heteroatoms. The quantitative estimate of drug-likeness (QED) is 0.343. The predicted octanol–water partition coefficient (Wildman–Crippen LogP) is 5.16. The van der Waals surface area contributed by atoms with Crippen LogP contribution in [0.15, 0.2) is 41.1 Å². The van der Waals surface area contributed by atoms with Gasteiger partial charge in [0.05, 0.1) is 25.4 Å². The van der Waals surface area contributed by atoms with Gasteiger partial charge in [-0.25, -0.2) is 4.79 Å². The van der Waals surface area contributed by atoms with Gasteiger partial charge in [0, 0.05) is 36.2 Å². The summed E-state index contributed by atoms with van der Waals surface area (Å²) < 4.78 is 23.1. The van der Waals surface area contributed by atoms with Crippen molar-refractivity contribution in [3.05, 3.63) is 47.8 Å². The van der Waals surface area contributed by atoms with Gasteiger partial charge >= 0.3 is 6.09 Å². The molecule has 1 N–H and O–H groups in total. The summed E-state index contributed by atoms with van der Waals surface area (Å²) in [6.45, 7) is 10.2. The third kappa shape index (κ3) is 6.28. The molecule has 2 aromatic heterocycles. The lowest BCUT2D eigenvalue weighted by molar-refractivity contribution is -0.268. The smallest absolute Gasteiger partial charge is 0.407 e. The number of nitrogens with zero attached hydrogens (tertiary/aromatic N) is 4. The number of aromatic nitrogens is 3. The fourth-order valence-electron chi connectivity index (χ4n) is 5.12. The van der Waals surface area contributed by atoms with Crippen LogP contribution in [0.5, 0.6) is 0 Å². The van der Waals surface area contributed by atoms with Gasteiger partial charge in [-0.3, -0.25) is 4.98 Å². The van der Waals surface area contributed by atoms with Gasteiger partial charge in [-0.05, 0) is 56.9 Å². The molecule has 40 heavy (non-hydrogen) atoms. The number of rotatable bonds is 10. The fraction of sp³-hybridized carbons (Fsp3) is 0.533. The lowest BCUT2D eigenvalue weighted by Crippen LogP contribution is -2.65. The first-order valence-electron chi connectivity index (χ1n) is 14.2. The van der Waals surface area contributed by atoms with Gasteiger partial charge in [0.15, 0.2) is 5.79 Å². The molecule has 0 radical (unpaired) electrons. The van der Waals surface area contributed by atoms with Crippen molar-refractivity contribution in [1.29, 1.82) is 0 Å². The highest BCUT2D eigenvalue weighted by atomic mass is 16.7. The topological polar surface area (TPSA) is 112 Å². The zero-order valence-electron chi connectivity index (χ0n) is 23.9. The van der Waals surface area contributed by atoms with Crippen LogP contribution in [0, 0.1) is 0 Å². The second-order valence-electron chi connectivity index (χ2n) is 11.1. The molecule has 1 fully saturated rings. The molecule has 5 rings (SSSR count). The number of unbranched alkanes of at least 4 members (excludes halogenated alkanes) is 1. The Balaban J connectivity index is 1.35. The summed E-state index contributed by atoms with van der Waals surface area (Å²) in [6, 6.07) is 10.1. The molecule has 0 saturated carbocycles.